The summed E-state index contributed by atoms with van der Waals surface area (Å²) in [6.45, 7) is 0. The zero-order chi connectivity index (χ0) is 6.69. The van der Waals surface area contributed by atoms with Crippen LogP contribution in [-0.4, -0.2) is 9.97 Å². The van der Waals surface area contributed by atoms with Crippen molar-refractivity contribution in [1.29, 1.82) is 0 Å². The Kier molecular flexibility index (Phi) is 14.3. The molecule has 12 heavy (non-hydrogen) atoms. The van der Waals surface area contributed by atoms with Crippen LogP contribution in [-0.2, 0) is 24.0 Å². The third-order valence-corrected chi connectivity index (χ3v) is 1.27. The summed E-state index contributed by atoms with van der Waals surface area (Å²) in [6, 6.07) is 1.56. The quantitative estimate of drug-likeness (QED) is 0.378. The molecule has 0 aliphatic rings. The van der Waals surface area contributed by atoms with Crippen molar-refractivity contribution in [2.24, 2.45) is 0 Å². The number of nitrogens with zero attached hydrogens (tertiary/aromatic N) is 2. The molecule has 8 heteroatoms. The van der Waals surface area contributed by atoms with E-state index < -0.39 is 8.03 Å². The van der Waals surface area contributed by atoms with Crippen LogP contribution in [0.25, 0.3) is 0 Å². The summed E-state index contributed by atoms with van der Waals surface area (Å²) in [5.41, 5.74) is -0.132. The second kappa shape index (κ2) is 9.43. The van der Waals surface area contributed by atoms with Gasteiger partial charge in [0, 0.05) is 12.4 Å². The monoisotopic (exact) mass is 276 g/mol. The number of aromatic nitrogens is 2. The Morgan fingerprint density at radius 1 is 1.25 bits per heavy atom. The third-order valence-electron chi connectivity index (χ3n) is 0.715. The second-order valence-electron chi connectivity index (χ2n) is 1.31. The van der Waals surface area contributed by atoms with Gasteiger partial charge in [0.1, 0.15) is 0 Å². The second-order valence-corrected chi connectivity index (χ2v) is 2.22. The molecule has 1 aromatic heterocycles. The van der Waals surface area contributed by atoms with E-state index in [0.717, 1.165) is 0 Å². The first-order valence-electron chi connectivity index (χ1n) is 2.22. The maximum absolute atomic E-state index is 10.1. The minimum absolute atomic E-state index is 0. The topological polar surface area (TPSA) is 65.9 Å². The molecule has 0 aliphatic heterocycles. The van der Waals surface area contributed by atoms with Crippen molar-refractivity contribution < 1.29 is 53.8 Å². The zero-order valence-corrected chi connectivity index (χ0v) is 11.2. The van der Waals surface area contributed by atoms with Gasteiger partial charge in [-0.3, -0.25) is 0 Å². The molecule has 1 heterocycles. The fourth-order valence-corrected chi connectivity index (χ4v) is 0.707. The molecule has 1 aromatic rings. The maximum atomic E-state index is 10.1. The molecule has 0 saturated carbocycles. The summed E-state index contributed by atoms with van der Waals surface area (Å²) in [4.78, 5) is 17.1. The van der Waals surface area contributed by atoms with Gasteiger partial charge in [0.2, 0.25) is 0 Å². The first-order chi connectivity index (χ1) is 4.30. The van der Waals surface area contributed by atoms with Crippen LogP contribution in [0.3, 0.4) is 0 Å². The molecule has 0 N–H and O–H groups in total. The van der Waals surface area contributed by atoms with Crippen molar-refractivity contribution in [2.45, 2.75) is 0 Å². The average molecular weight is 278 g/mol. The van der Waals surface area contributed by atoms with Crippen LogP contribution in [0.5, 0.6) is 0 Å². The van der Waals surface area contributed by atoms with Crippen molar-refractivity contribution in [3.05, 3.63) is 18.5 Å². The van der Waals surface area contributed by atoms with E-state index in [9.17, 15) is 9.46 Å². The molecule has 0 bridgehead atoms. The van der Waals surface area contributed by atoms with Gasteiger partial charge >= 0.3 is 33.1 Å². The largest absolute Gasteiger partial charge is 2.00 e. The Labute approximate surface area is 95.6 Å². The molecule has 62 valence electrons. The normalized spacial score (nSPS) is 8.25. The van der Waals surface area contributed by atoms with Gasteiger partial charge in [-0.2, -0.15) is 9.97 Å². The molecular weight excluding hydrogens is 275 g/mol. The summed E-state index contributed by atoms with van der Waals surface area (Å²) in [5, 5.41) is 0. The number of halogens is 2. The van der Waals surface area contributed by atoms with Crippen LogP contribution in [0.15, 0.2) is 18.5 Å². The van der Waals surface area contributed by atoms with E-state index in [4.69, 9.17) is 0 Å². The van der Waals surface area contributed by atoms with E-state index in [1.165, 1.54) is 12.4 Å². The average Bonchev–Trinajstić information content (AvgIpc) is 1.90. The molecule has 1 atom stereocenters. The summed E-state index contributed by atoms with van der Waals surface area (Å²) in [7, 11) is -2.62. The maximum Gasteiger partial charge on any atom is 2.00 e. The fourth-order valence-electron chi connectivity index (χ4n) is 0.386. The van der Waals surface area contributed by atoms with E-state index in [1.807, 2.05) is 0 Å². The van der Waals surface area contributed by atoms with Gasteiger partial charge in [-0.05, 0) is 6.07 Å². The number of hydrogen-bond donors (Lipinski definition) is 0. The van der Waals surface area contributed by atoms with E-state index in [2.05, 4.69) is 9.97 Å². The molecule has 0 aliphatic carbocycles. The number of rotatable bonds is 1. The van der Waals surface area contributed by atoms with E-state index >= 15 is 0 Å². The standard InChI is InChI=1S/C4H3N2O2P.2ClH.Zn/c7-9(8)4-5-2-1-3-6-4;;;/h1-3H;2*1H;/q;;;+2/p-2. The fraction of sp³-hybridized carbons (Fsp3) is 0. The summed E-state index contributed by atoms with van der Waals surface area (Å²) in [6.07, 6.45) is 2.76. The van der Waals surface area contributed by atoms with Crippen molar-refractivity contribution in [3.63, 3.8) is 0 Å². The zero-order valence-electron chi connectivity index (χ0n) is 5.85. The predicted molar refractivity (Wildman–Crippen MR) is 29.3 cm³/mol. The van der Waals surface area contributed by atoms with Crippen molar-refractivity contribution >= 4 is 13.6 Å². The predicted octanol–water partition coefficient (Wildman–Crippen LogP) is -6.79. The van der Waals surface area contributed by atoms with Crippen LogP contribution in [0.2, 0.25) is 0 Å². The molecule has 1 unspecified atom stereocenters. The molecule has 0 aromatic carbocycles. The van der Waals surface area contributed by atoms with Gasteiger partial charge < -0.3 is 29.7 Å². The molecule has 0 saturated heterocycles. The molecule has 0 radical (unpaired) electrons. The first-order valence-corrected chi connectivity index (χ1v) is 3.40. The number of hydrogen-bond acceptors (Lipinski definition) is 4. The van der Waals surface area contributed by atoms with Crippen LogP contribution in [0.4, 0.5) is 0 Å². The Hall–Kier alpha value is 0.343. The van der Waals surface area contributed by atoms with E-state index in [1.54, 1.807) is 6.07 Å². The Morgan fingerprint density at radius 2 is 1.67 bits per heavy atom. The van der Waals surface area contributed by atoms with Gasteiger partial charge in [-0.15, -0.1) is 0 Å². The van der Waals surface area contributed by atoms with Crippen LogP contribution in [0, 0.1) is 0 Å². The van der Waals surface area contributed by atoms with Crippen molar-refractivity contribution in [3.8, 4) is 0 Å². The molecule has 0 fully saturated rings. The Balaban J connectivity index is -0.000000270. The van der Waals surface area contributed by atoms with E-state index in [-0.39, 0.29) is 49.9 Å². The van der Waals surface area contributed by atoms with Crippen LogP contribution in [0.1, 0.15) is 0 Å². The Morgan fingerprint density at radius 3 is 1.92 bits per heavy atom. The third kappa shape index (κ3) is 5.93. The van der Waals surface area contributed by atoms with Gasteiger partial charge in [0.05, 0.1) is 0 Å². The van der Waals surface area contributed by atoms with Crippen LogP contribution < -0.4 is 35.3 Å². The molecule has 4 nitrogen and oxygen atoms in total. The van der Waals surface area contributed by atoms with Crippen molar-refractivity contribution in [2.75, 3.05) is 0 Å². The van der Waals surface area contributed by atoms with Gasteiger partial charge in [-0.25, -0.2) is 0 Å². The van der Waals surface area contributed by atoms with Crippen LogP contribution >= 0.6 is 8.03 Å². The smallest absolute Gasteiger partial charge is 1.00 e. The SMILES string of the molecule is O=[P+]([O-])c1ncccn1.[Cl-].[Cl-].[Zn+2]. The van der Waals surface area contributed by atoms with E-state index in [0.29, 0.717) is 0 Å². The van der Waals surface area contributed by atoms with Crippen molar-refractivity contribution in [1.82, 2.24) is 9.97 Å². The van der Waals surface area contributed by atoms with Gasteiger partial charge in [-0.1, -0.05) is 4.57 Å². The molecule has 0 spiro atoms. The molecule has 1 rings (SSSR count). The Bertz CT molecular complexity index is 226. The summed E-state index contributed by atoms with van der Waals surface area (Å²) < 4.78 is 10.1. The first kappa shape index (κ1) is 18.2. The molecular formula is C4H3Cl2N2O2PZn. The summed E-state index contributed by atoms with van der Waals surface area (Å²) >= 11 is 0. The minimum atomic E-state index is -2.62. The van der Waals surface area contributed by atoms with Gasteiger partial charge in [0.25, 0.3) is 0 Å². The minimum Gasteiger partial charge on any atom is -1.00 e. The summed E-state index contributed by atoms with van der Waals surface area (Å²) in [5.74, 6) is 0. The molecule has 0 amide bonds. The van der Waals surface area contributed by atoms with Gasteiger partial charge in [0.15, 0.2) is 0 Å².